The summed E-state index contributed by atoms with van der Waals surface area (Å²) in [5, 5.41) is 0. The smallest absolute Gasteiger partial charge is 0.182 e. The van der Waals surface area contributed by atoms with Crippen molar-refractivity contribution < 1.29 is 9.47 Å². The van der Waals surface area contributed by atoms with Gasteiger partial charge in [0.1, 0.15) is 11.5 Å². The van der Waals surface area contributed by atoms with Crippen molar-refractivity contribution in [2.75, 3.05) is 14.2 Å². The zero-order chi connectivity index (χ0) is 14.0. The summed E-state index contributed by atoms with van der Waals surface area (Å²) >= 11 is 5.37. The average Bonchev–Trinajstić information content (AvgIpc) is 2.80. The molecule has 0 saturated carbocycles. The van der Waals surface area contributed by atoms with Crippen LogP contribution in [0.25, 0.3) is 5.69 Å². The minimum absolute atomic E-state index is 0.351. The molecule has 0 amide bonds. The molecule has 0 unspecified atom stereocenters. The van der Waals surface area contributed by atoms with Gasteiger partial charge in [-0.2, -0.15) is 0 Å². The molecule has 102 valence electrons. The number of benzene rings is 1. The summed E-state index contributed by atoms with van der Waals surface area (Å²) in [4.78, 5) is 3.09. The number of aromatic nitrogens is 2. The molecule has 1 N–H and O–H groups in total. The van der Waals surface area contributed by atoms with Gasteiger partial charge in [0, 0.05) is 18.0 Å². The second-order valence-electron chi connectivity index (χ2n) is 4.55. The highest BCUT2D eigenvalue weighted by Gasteiger charge is 2.14. The van der Waals surface area contributed by atoms with Crippen LogP contribution in [0.1, 0.15) is 25.5 Å². The number of aromatic amines is 1. The number of hydrogen-bond donors (Lipinski definition) is 1. The first-order valence-corrected chi connectivity index (χ1v) is 6.52. The molecular weight excluding hydrogens is 260 g/mol. The van der Waals surface area contributed by atoms with Gasteiger partial charge in [0.05, 0.1) is 19.9 Å². The van der Waals surface area contributed by atoms with Gasteiger partial charge in [0.2, 0.25) is 0 Å². The van der Waals surface area contributed by atoms with E-state index in [1.54, 1.807) is 14.2 Å². The maximum absolute atomic E-state index is 5.42. The summed E-state index contributed by atoms with van der Waals surface area (Å²) in [7, 11) is 3.29. The molecule has 5 heteroatoms. The van der Waals surface area contributed by atoms with E-state index in [2.05, 4.69) is 18.8 Å². The second kappa shape index (κ2) is 5.48. The molecule has 19 heavy (non-hydrogen) atoms. The fraction of sp³-hybridized carbons (Fsp3) is 0.357. The van der Waals surface area contributed by atoms with Gasteiger partial charge in [-0.25, -0.2) is 0 Å². The van der Waals surface area contributed by atoms with Crippen LogP contribution in [0.2, 0.25) is 0 Å². The second-order valence-corrected chi connectivity index (χ2v) is 4.93. The van der Waals surface area contributed by atoms with Gasteiger partial charge in [-0.15, -0.1) is 0 Å². The molecule has 4 nitrogen and oxygen atoms in total. The number of nitrogens with one attached hydrogen (secondary N) is 1. The monoisotopic (exact) mass is 278 g/mol. The third-order valence-electron chi connectivity index (χ3n) is 3.02. The summed E-state index contributed by atoms with van der Waals surface area (Å²) in [5.74, 6) is 1.89. The van der Waals surface area contributed by atoms with Crippen LogP contribution in [0.3, 0.4) is 0 Å². The Bertz CT molecular complexity index is 629. The fourth-order valence-corrected chi connectivity index (χ4v) is 2.29. The van der Waals surface area contributed by atoms with Crippen molar-refractivity contribution in [3.8, 4) is 17.2 Å². The lowest BCUT2D eigenvalue weighted by Gasteiger charge is -2.15. The number of H-pyrrole nitrogens is 1. The molecule has 0 fully saturated rings. The summed E-state index contributed by atoms with van der Waals surface area (Å²) in [6.45, 7) is 4.25. The molecular formula is C14H18N2O2S. The van der Waals surface area contributed by atoms with Crippen molar-refractivity contribution >= 4 is 12.2 Å². The first-order chi connectivity index (χ1) is 9.08. The van der Waals surface area contributed by atoms with E-state index < -0.39 is 0 Å². The van der Waals surface area contributed by atoms with Gasteiger partial charge in [0.25, 0.3) is 0 Å². The molecule has 1 aromatic carbocycles. The van der Waals surface area contributed by atoms with E-state index in [-0.39, 0.29) is 0 Å². The van der Waals surface area contributed by atoms with E-state index in [0.717, 1.165) is 22.9 Å². The molecule has 1 heterocycles. The predicted molar refractivity (Wildman–Crippen MR) is 78.1 cm³/mol. The van der Waals surface area contributed by atoms with Crippen molar-refractivity contribution in [3.63, 3.8) is 0 Å². The molecule has 0 saturated heterocycles. The Labute approximate surface area is 118 Å². The lowest BCUT2D eigenvalue weighted by molar-refractivity contribution is 0.401. The number of rotatable bonds is 4. The fourth-order valence-electron chi connectivity index (χ4n) is 2.03. The first kappa shape index (κ1) is 13.7. The Morgan fingerprint density at radius 2 is 1.95 bits per heavy atom. The summed E-state index contributed by atoms with van der Waals surface area (Å²) < 4.78 is 13.3. The molecule has 2 aromatic rings. The SMILES string of the molecule is COc1ccc(OC)c(-n2c(C(C)C)c[nH]c2=S)c1. The highest BCUT2D eigenvalue weighted by atomic mass is 32.1. The van der Waals surface area contributed by atoms with Gasteiger partial charge < -0.3 is 14.5 Å². The van der Waals surface area contributed by atoms with Crippen molar-refractivity contribution in [3.05, 3.63) is 34.9 Å². The minimum atomic E-state index is 0.351. The zero-order valence-electron chi connectivity index (χ0n) is 11.6. The largest absolute Gasteiger partial charge is 0.497 e. The van der Waals surface area contributed by atoms with Gasteiger partial charge in [-0.1, -0.05) is 13.8 Å². The van der Waals surface area contributed by atoms with Crippen LogP contribution in [0.4, 0.5) is 0 Å². The molecule has 2 rings (SSSR count). The molecule has 0 bridgehead atoms. The quantitative estimate of drug-likeness (QED) is 0.867. The molecule has 0 spiro atoms. The topological polar surface area (TPSA) is 39.2 Å². The molecule has 0 radical (unpaired) electrons. The number of nitrogens with zero attached hydrogens (tertiary/aromatic N) is 1. The summed E-state index contributed by atoms with van der Waals surface area (Å²) in [6.07, 6.45) is 1.94. The highest BCUT2D eigenvalue weighted by molar-refractivity contribution is 7.71. The van der Waals surface area contributed by atoms with Crippen LogP contribution in [0, 0.1) is 4.77 Å². The average molecular weight is 278 g/mol. The molecule has 0 aliphatic heterocycles. The Morgan fingerprint density at radius 1 is 1.21 bits per heavy atom. The maximum Gasteiger partial charge on any atom is 0.182 e. The molecule has 0 aliphatic carbocycles. The van der Waals surface area contributed by atoms with Crippen LogP contribution in [0.15, 0.2) is 24.4 Å². The van der Waals surface area contributed by atoms with Crippen molar-refractivity contribution in [2.45, 2.75) is 19.8 Å². The van der Waals surface area contributed by atoms with Crippen LogP contribution >= 0.6 is 12.2 Å². The molecule has 0 atom stereocenters. The zero-order valence-corrected chi connectivity index (χ0v) is 12.4. The van der Waals surface area contributed by atoms with Crippen LogP contribution < -0.4 is 9.47 Å². The van der Waals surface area contributed by atoms with Gasteiger partial charge in [0.15, 0.2) is 4.77 Å². The maximum atomic E-state index is 5.42. The van der Waals surface area contributed by atoms with Crippen molar-refractivity contribution in [2.24, 2.45) is 0 Å². The van der Waals surface area contributed by atoms with Crippen LogP contribution in [0.5, 0.6) is 11.5 Å². The predicted octanol–water partition coefficient (Wildman–Crippen LogP) is 3.68. The normalized spacial score (nSPS) is 10.8. The van der Waals surface area contributed by atoms with E-state index in [1.807, 2.05) is 29.0 Å². The summed E-state index contributed by atoms with van der Waals surface area (Å²) in [5.41, 5.74) is 1.99. The lowest BCUT2D eigenvalue weighted by atomic mass is 10.1. The Hall–Kier alpha value is -1.75. The first-order valence-electron chi connectivity index (χ1n) is 6.11. The van der Waals surface area contributed by atoms with Gasteiger partial charge >= 0.3 is 0 Å². The van der Waals surface area contributed by atoms with Gasteiger partial charge in [-0.3, -0.25) is 4.57 Å². The number of imidazole rings is 1. The number of methoxy groups -OCH3 is 2. The van der Waals surface area contributed by atoms with E-state index in [9.17, 15) is 0 Å². The molecule has 1 aromatic heterocycles. The van der Waals surface area contributed by atoms with E-state index >= 15 is 0 Å². The number of ether oxygens (including phenoxy) is 2. The minimum Gasteiger partial charge on any atom is -0.497 e. The van der Waals surface area contributed by atoms with Crippen LogP contribution in [-0.2, 0) is 0 Å². The van der Waals surface area contributed by atoms with E-state index in [0.29, 0.717) is 10.7 Å². The Balaban J connectivity index is 2.70. The van der Waals surface area contributed by atoms with Crippen molar-refractivity contribution in [1.29, 1.82) is 0 Å². The third-order valence-corrected chi connectivity index (χ3v) is 3.32. The van der Waals surface area contributed by atoms with Crippen molar-refractivity contribution in [1.82, 2.24) is 9.55 Å². The lowest BCUT2D eigenvalue weighted by Crippen LogP contribution is -2.04. The Kier molecular flexibility index (Phi) is 3.95. The Morgan fingerprint density at radius 3 is 2.53 bits per heavy atom. The van der Waals surface area contributed by atoms with E-state index in [1.165, 1.54) is 0 Å². The van der Waals surface area contributed by atoms with Crippen LogP contribution in [-0.4, -0.2) is 23.8 Å². The number of hydrogen-bond acceptors (Lipinski definition) is 3. The van der Waals surface area contributed by atoms with E-state index in [4.69, 9.17) is 21.7 Å². The van der Waals surface area contributed by atoms with Gasteiger partial charge in [-0.05, 0) is 30.3 Å². The highest BCUT2D eigenvalue weighted by Crippen LogP contribution is 2.30. The standard InChI is InChI=1S/C14H18N2O2S/c1-9(2)12-8-15-14(19)16(12)11-7-10(17-3)5-6-13(11)18-4/h5-9H,1-4H3,(H,15,19). The third kappa shape index (κ3) is 2.51. The molecule has 0 aliphatic rings. The summed E-state index contributed by atoms with van der Waals surface area (Å²) in [6, 6.07) is 5.68.